The summed E-state index contributed by atoms with van der Waals surface area (Å²) in [6, 6.07) is 9.55. The van der Waals surface area contributed by atoms with Crippen LogP contribution in [0.1, 0.15) is 11.6 Å². The van der Waals surface area contributed by atoms with Gasteiger partial charge in [-0.05, 0) is 11.6 Å². The molecule has 1 fully saturated rings. The van der Waals surface area contributed by atoms with Gasteiger partial charge in [0.15, 0.2) is 0 Å². The normalized spacial score (nSPS) is 19.6. The van der Waals surface area contributed by atoms with Crippen molar-refractivity contribution in [2.45, 2.75) is 6.04 Å². The fourth-order valence-electron chi connectivity index (χ4n) is 1.96. The number of hydrogen-bond donors (Lipinski definition) is 1. The van der Waals surface area contributed by atoms with Crippen LogP contribution >= 0.6 is 0 Å². The number of benzene rings is 1. The highest BCUT2D eigenvalue weighted by molar-refractivity contribution is 5.92. The first-order chi connectivity index (χ1) is 8.22. The van der Waals surface area contributed by atoms with E-state index in [9.17, 15) is 9.59 Å². The highest BCUT2D eigenvalue weighted by Crippen LogP contribution is 2.22. The summed E-state index contributed by atoms with van der Waals surface area (Å²) in [5, 5.41) is 2.77. The molecule has 4 nitrogen and oxygen atoms in total. The monoisotopic (exact) mass is 230 g/mol. The molecule has 0 bridgehead atoms. The number of rotatable bonds is 2. The molecule has 0 spiro atoms. The second-order valence-electron chi connectivity index (χ2n) is 3.90. The lowest BCUT2D eigenvalue weighted by atomic mass is 10.0. The SMILES string of the molecule is C=CC(=O)N1CC(=O)NCC1c1ccccc1. The van der Waals surface area contributed by atoms with E-state index in [1.54, 1.807) is 4.90 Å². The lowest BCUT2D eigenvalue weighted by Gasteiger charge is -2.35. The molecule has 0 saturated carbocycles. The second-order valence-corrected chi connectivity index (χ2v) is 3.90. The zero-order valence-electron chi connectivity index (χ0n) is 9.43. The van der Waals surface area contributed by atoms with Crippen molar-refractivity contribution in [2.24, 2.45) is 0 Å². The van der Waals surface area contributed by atoms with Gasteiger partial charge in [-0.25, -0.2) is 0 Å². The van der Waals surface area contributed by atoms with E-state index in [1.807, 2.05) is 30.3 Å². The predicted octanol–water partition coefficient (Wildman–Crippen LogP) is 0.872. The topological polar surface area (TPSA) is 49.4 Å². The van der Waals surface area contributed by atoms with Crippen molar-refractivity contribution in [1.82, 2.24) is 10.2 Å². The molecule has 88 valence electrons. The fourth-order valence-corrected chi connectivity index (χ4v) is 1.96. The maximum Gasteiger partial charge on any atom is 0.247 e. The minimum atomic E-state index is -0.214. The van der Waals surface area contributed by atoms with Gasteiger partial charge in [0, 0.05) is 6.54 Å². The number of nitrogens with zero attached hydrogens (tertiary/aromatic N) is 1. The maximum absolute atomic E-state index is 11.7. The van der Waals surface area contributed by atoms with Crippen molar-refractivity contribution in [1.29, 1.82) is 0 Å². The van der Waals surface area contributed by atoms with E-state index in [1.165, 1.54) is 6.08 Å². The molecule has 2 rings (SSSR count). The van der Waals surface area contributed by atoms with Gasteiger partial charge in [-0.1, -0.05) is 36.9 Å². The Morgan fingerprint density at radius 1 is 1.41 bits per heavy atom. The summed E-state index contributed by atoms with van der Waals surface area (Å²) in [5.74, 6) is -0.346. The van der Waals surface area contributed by atoms with Crippen LogP contribution in [0.15, 0.2) is 43.0 Å². The van der Waals surface area contributed by atoms with Crippen molar-refractivity contribution in [3.8, 4) is 0 Å². The molecule has 1 atom stereocenters. The first kappa shape index (κ1) is 11.4. The van der Waals surface area contributed by atoms with Gasteiger partial charge < -0.3 is 10.2 Å². The van der Waals surface area contributed by atoms with Gasteiger partial charge in [0.05, 0.1) is 6.04 Å². The van der Waals surface area contributed by atoms with E-state index >= 15 is 0 Å². The third-order valence-electron chi connectivity index (χ3n) is 2.82. The molecule has 1 unspecified atom stereocenters. The summed E-state index contributed by atoms with van der Waals surface area (Å²) < 4.78 is 0. The van der Waals surface area contributed by atoms with E-state index in [2.05, 4.69) is 11.9 Å². The van der Waals surface area contributed by atoms with E-state index in [-0.39, 0.29) is 24.4 Å². The van der Waals surface area contributed by atoms with Crippen molar-refractivity contribution >= 4 is 11.8 Å². The molecule has 1 aromatic carbocycles. The minimum absolute atomic E-state index is 0.0877. The summed E-state index contributed by atoms with van der Waals surface area (Å²) in [6.07, 6.45) is 1.24. The zero-order valence-corrected chi connectivity index (χ0v) is 9.43. The van der Waals surface area contributed by atoms with Gasteiger partial charge in [0.2, 0.25) is 11.8 Å². The summed E-state index contributed by atoms with van der Waals surface area (Å²) in [6.45, 7) is 4.00. The van der Waals surface area contributed by atoms with E-state index in [0.29, 0.717) is 6.54 Å². The highest BCUT2D eigenvalue weighted by atomic mass is 16.2. The van der Waals surface area contributed by atoms with Crippen LogP contribution in [0.25, 0.3) is 0 Å². The summed E-state index contributed by atoms with van der Waals surface area (Å²) in [5.41, 5.74) is 1.02. The van der Waals surface area contributed by atoms with Crippen LogP contribution in [0.3, 0.4) is 0 Å². The van der Waals surface area contributed by atoms with Crippen molar-refractivity contribution < 1.29 is 9.59 Å². The Kier molecular flexibility index (Phi) is 3.23. The first-order valence-electron chi connectivity index (χ1n) is 5.47. The summed E-state index contributed by atoms with van der Waals surface area (Å²) in [4.78, 5) is 24.6. The average molecular weight is 230 g/mol. The molecule has 0 aromatic heterocycles. The molecule has 1 saturated heterocycles. The molecule has 4 heteroatoms. The number of hydrogen-bond acceptors (Lipinski definition) is 2. The molecular formula is C13H14N2O2. The standard InChI is InChI=1S/C13H14N2O2/c1-2-13(17)15-9-12(16)14-8-11(15)10-6-4-3-5-7-10/h2-7,11H,1,8-9H2,(H,14,16). The van der Waals surface area contributed by atoms with Gasteiger partial charge in [-0.3, -0.25) is 9.59 Å². The molecule has 2 amide bonds. The van der Waals surface area contributed by atoms with Gasteiger partial charge in [-0.15, -0.1) is 0 Å². The fraction of sp³-hybridized carbons (Fsp3) is 0.231. The summed E-state index contributed by atoms with van der Waals surface area (Å²) in [7, 11) is 0. The molecule has 1 aromatic rings. The Balaban J connectivity index is 2.27. The largest absolute Gasteiger partial charge is 0.352 e. The molecule has 1 aliphatic rings. The third-order valence-corrected chi connectivity index (χ3v) is 2.82. The summed E-state index contributed by atoms with van der Waals surface area (Å²) >= 11 is 0. The van der Waals surface area contributed by atoms with Crippen LogP contribution in [-0.4, -0.2) is 29.8 Å². The van der Waals surface area contributed by atoms with Crippen LogP contribution in [0, 0.1) is 0 Å². The highest BCUT2D eigenvalue weighted by Gasteiger charge is 2.29. The van der Waals surface area contributed by atoms with Crippen LogP contribution in [0.2, 0.25) is 0 Å². The van der Waals surface area contributed by atoms with Crippen LogP contribution in [-0.2, 0) is 9.59 Å². The van der Waals surface area contributed by atoms with E-state index < -0.39 is 0 Å². The van der Waals surface area contributed by atoms with Crippen molar-refractivity contribution in [3.05, 3.63) is 48.6 Å². The number of nitrogens with one attached hydrogen (secondary N) is 1. The van der Waals surface area contributed by atoms with Gasteiger partial charge in [0.1, 0.15) is 6.54 Å². The lowest BCUT2D eigenvalue weighted by Crippen LogP contribution is -2.51. The smallest absolute Gasteiger partial charge is 0.247 e. The molecule has 1 heterocycles. The van der Waals surface area contributed by atoms with Crippen molar-refractivity contribution in [3.63, 3.8) is 0 Å². The Labute approximate surface area is 99.9 Å². The van der Waals surface area contributed by atoms with Crippen LogP contribution in [0.5, 0.6) is 0 Å². The second kappa shape index (κ2) is 4.82. The van der Waals surface area contributed by atoms with E-state index in [4.69, 9.17) is 0 Å². The van der Waals surface area contributed by atoms with Crippen LogP contribution < -0.4 is 5.32 Å². The van der Waals surface area contributed by atoms with Gasteiger partial charge in [0.25, 0.3) is 0 Å². The van der Waals surface area contributed by atoms with Crippen molar-refractivity contribution in [2.75, 3.05) is 13.1 Å². The molecular weight excluding hydrogens is 216 g/mol. The lowest BCUT2D eigenvalue weighted by molar-refractivity contribution is -0.137. The van der Waals surface area contributed by atoms with E-state index in [0.717, 1.165) is 5.56 Å². The molecule has 1 aliphatic heterocycles. The molecule has 17 heavy (non-hydrogen) atoms. The molecule has 1 N–H and O–H groups in total. The Bertz CT molecular complexity index is 442. The average Bonchev–Trinajstić information content (AvgIpc) is 2.38. The Morgan fingerprint density at radius 2 is 2.12 bits per heavy atom. The Hall–Kier alpha value is -2.10. The predicted molar refractivity (Wildman–Crippen MR) is 64.1 cm³/mol. The zero-order chi connectivity index (χ0) is 12.3. The van der Waals surface area contributed by atoms with Gasteiger partial charge in [-0.2, -0.15) is 0 Å². The number of carbonyl (C=O) groups excluding carboxylic acids is 2. The quantitative estimate of drug-likeness (QED) is 0.766. The third kappa shape index (κ3) is 2.36. The number of amides is 2. The van der Waals surface area contributed by atoms with Crippen LogP contribution in [0.4, 0.5) is 0 Å². The minimum Gasteiger partial charge on any atom is -0.352 e. The molecule has 0 radical (unpaired) electrons. The first-order valence-corrected chi connectivity index (χ1v) is 5.47. The number of carbonyl (C=O) groups is 2. The maximum atomic E-state index is 11.7. The molecule has 0 aliphatic carbocycles. The Morgan fingerprint density at radius 3 is 2.76 bits per heavy atom. The van der Waals surface area contributed by atoms with Gasteiger partial charge >= 0.3 is 0 Å². The number of piperazine rings is 1.